The first kappa shape index (κ1) is 9.58. The molecule has 70 valence electrons. The Hall–Kier alpha value is -1.51. The molecule has 0 aromatic carbocycles. The molecule has 0 saturated heterocycles. The Morgan fingerprint density at radius 3 is 2.69 bits per heavy atom. The molecule has 0 spiro atoms. The second-order valence-corrected chi connectivity index (χ2v) is 2.43. The Kier molecular flexibility index (Phi) is 2.90. The zero-order valence-electron chi connectivity index (χ0n) is 8.03. The van der Waals surface area contributed by atoms with Crippen LogP contribution >= 0.6 is 0 Å². The first-order chi connectivity index (χ1) is 6.29. The lowest BCUT2D eigenvalue weighted by Crippen LogP contribution is -1.75. The average molecular weight is 179 g/mol. The van der Waals surface area contributed by atoms with Gasteiger partial charge in [-0.15, -0.1) is 0 Å². The van der Waals surface area contributed by atoms with Crippen molar-refractivity contribution in [2.24, 2.45) is 0 Å². The summed E-state index contributed by atoms with van der Waals surface area (Å²) in [4.78, 5) is 3.96. The molecular weight excluding hydrogens is 166 g/mol. The number of hydrogen-bond donors (Lipinski definition) is 1. The van der Waals surface area contributed by atoms with Crippen LogP contribution in [0.25, 0.3) is 11.1 Å². The molecule has 0 saturated carbocycles. The average Bonchev–Trinajstić information content (AvgIpc) is 2.53. The molecule has 0 amide bonds. The van der Waals surface area contributed by atoms with Gasteiger partial charge in [-0.25, -0.2) is 4.98 Å². The van der Waals surface area contributed by atoms with Gasteiger partial charge in [0, 0.05) is 6.20 Å². The van der Waals surface area contributed by atoms with Gasteiger partial charge in [-0.1, -0.05) is 13.8 Å². The van der Waals surface area contributed by atoms with Crippen molar-refractivity contribution in [2.45, 2.75) is 20.8 Å². The summed E-state index contributed by atoms with van der Waals surface area (Å²) >= 11 is 0. The van der Waals surface area contributed by atoms with Crippen LogP contribution in [-0.2, 0) is 0 Å². The number of nitrogens with zero attached hydrogens (tertiary/aromatic N) is 1. The van der Waals surface area contributed by atoms with Crippen LogP contribution in [0.1, 0.15) is 19.4 Å². The van der Waals surface area contributed by atoms with Gasteiger partial charge < -0.3 is 9.52 Å². The van der Waals surface area contributed by atoms with Crippen molar-refractivity contribution in [3.05, 3.63) is 24.1 Å². The van der Waals surface area contributed by atoms with Crippen LogP contribution in [0.15, 0.2) is 22.9 Å². The number of aromatic nitrogens is 1. The summed E-state index contributed by atoms with van der Waals surface area (Å²) in [5, 5.41) is 9.18. The van der Waals surface area contributed by atoms with E-state index >= 15 is 0 Å². The molecule has 13 heavy (non-hydrogen) atoms. The van der Waals surface area contributed by atoms with Crippen molar-refractivity contribution in [1.29, 1.82) is 0 Å². The monoisotopic (exact) mass is 179 g/mol. The van der Waals surface area contributed by atoms with Crippen molar-refractivity contribution >= 4 is 11.1 Å². The zero-order chi connectivity index (χ0) is 9.84. The molecule has 3 heteroatoms. The molecule has 0 bridgehead atoms. The van der Waals surface area contributed by atoms with E-state index in [4.69, 9.17) is 4.42 Å². The highest BCUT2D eigenvalue weighted by Crippen LogP contribution is 2.25. The van der Waals surface area contributed by atoms with Crippen LogP contribution in [0, 0.1) is 6.92 Å². The smallest absolute Gasteiger partial charge is 0.180 e. The highest BCUT2D eigenvalue weighted by molar-refractivity contribution is 5.81. The molecule has 0 unspecified atom stereocenters. The van der Waals surface area contributed by atoms with E-state index in [1.807, 2.05) is 26.8 Å². The van der Waals surface area contributed by atoms with Crippen LogP contribution in [0.3, 0.4) is 0 Å². The van der Waals surface area contributed by atoms with Gasteiger partial charge in [0.2, 0.25) is 0 Å². The summed E-state index contributed by atoms with van der Waals surface area (Å²) in [6.07, 6.45) is 2.94. The van der Waals surface area contributed by atoms with Gasteiger partial charge in [0.15, 0.2) is 16.8 Å². The number of fused-ring (bicyclic) bond motifs is 1. The van der Waals surface area contributed by atoms with Gasteiger partial charge in [0.25, 0.3) is 0 Å². The van der Waals surface area contributed by atoms with E-state index in [1.165, 1.54) is 6.26 Å². The Labute approximate surface area is 77.0 Å². The van der Waals surface area contributed by atoms with Gasteiger partial charge in [-0.3, -0.25) is 0 Å². The minimum absolute atomic E-state index is 0.101. The molecule has 0 atom stereocenters. The normalized spacial score (nSPS) is 9.46. The molecule has 0 radical (unpaired) electrons. The van der Waals surface area contributed by atoms with Crippen LogP contribution < -0.4 is 0 Å². The van der Waals surface area contributed by atoms with Crippen molar-refractivity contribution in [3.8, 4) is 5.75 Å². The molecular formula is C10H13NO2. The minimum Gasteiger partial charge on any atom is -0.503 e. The molecule has 0 aliphatic carbocycles. The van der Waals surface area contributed by atoms with Crippen LogP contribution in [0.5, 0.6) is 5.75 Å². The molecule has 2 rings (SSSR count). The Balaban J connectivity index is 0.000000396. The van der Waals surface area contributed by atoms with E-state index in [9.17, 15) is 5.11 Å². The van der Waals surface area contributed by atoms with E-state index in [0.717, 1.165) is 5.56 Å². The largest absolute Gasteiger partial charge is 0.503 e. The number of pyridine rings is 1. The molecule has 1 N–H and O–H groups in total. The topological polar surface area (TPSA) is 46.3 Å². The maximum atomic E-state index is 9.18. The van der Waals surface area contributed by atoms with Crippen LogP contribution in [-0.4, -0.2) is 10.1 Å². The molecule has 0 aliphatic rings. The van der Waals surface area contributed by atoms with Crippen molar-refractivity contribution in [3.63, 3.8) is 0 Å². The predicted molar refractivity (Wildman–Crippen MR) is 51.8 cm³/mol. The maximum absolute atomic E-state index is 9.18. The zero-order valence-corrected chi connectivity index (χ0v) is 8.03. The number of aryl methyl sites for hydroxylation is 1. The molecule has 2 heterocycles. The van der Waals surface area contributed by atoms with E-state index < -0.39 is 0 Å². The number of furan rings is 1. The summed E-state index contributed by atoms with van der Waals surface area (Å²) in [7, 11) is 0. The maximum Gasteiger partial charge on any atom is 0.180 e. The molecule has 2 aromatic rings. The summed E-state index contributed by atoms with van der Waals surface area (Å²) in [6.45, 7) is 5.91. The van der Waals surface area contributed by atoms with Gasteiger partial charge >= 0.3 is 0 Å². The number of aromatic hydroxyl groups is 1. The third-order valence-electron chi connectivity index (χ3n) is 1.63. The number of rotatable bonds is 0. The van der Waals surface area contributed by atoms with Crippen molar-refractivity contribution in [2.75, 3.05) is 0 Å². The Morgan fingerprint density at radius 2 is 2.08 bits per heavy atom. The summed E-state index contributed by atoms with van der Waals surface area (Å²) in [5.41, 5.74) is 2.17. The lowest BCUT2D eigenvalue weighted by molar-refractivity contribution is 0.464. The van der Waals surface area contributed by atoms with E-state index in [0.29, 0.717) is 11.1 Å². The quantitative estimate of drug-likeness (QED) is 0.676. The fraction of sp³-hybridized carbons (Fsp3) is 0.300. The minimum atomic E-state index is 0.101. The highest BCUT2D eigenvalue weighted by Gasteiger charge is 2.06. The summed E-state index contributed by atoms with van der Waals surface area (Å²) < 4.78 is 5.07. The fourth-order valence-electron chi connectivity index (χ4n) is 1.05. The predicted octanol–water partition coefficient (Wildman–Crippen LogP) is 2.87. The first-order valence-corrected chi connectivity index (χ1v) is 4.31. The van der Waals surface area contributed by atoms with E-state index in [2.05, 4.69) is 4.98 Å². The third kappa shape index (κ3) is 1.64. The summed E-state index contributed by atoms with van der Waals surface area (Å²) in [6, 6.07) is 1.84. The van der Waals surface area contributed by atoms with Crippen LogP contribution in [0.2, 0.25) is 0 Å². The van der Waals surface area contributed by atoms with Crippen LogP contribution in [0.4, 0.5) is 0 Å². The van der Waals surface area contributed by atoms with Crippen molar-refractivity contribution in [1.82, 2.24) is 4.98 Å². The molecule has 0 aliphatic heterocycles. The van der Waals surface area contributed by atoms with Gasteiger partial charge in [0.05, 0.1) is 0 Å². The molecule has 0 fully saturated rings. The number of hydrogen-bond acceptors (Lipinski definition) is 3. The van der Waals surface area contributed by atoms with E-state index in [-0.39, 0.29) is 5.75 Å². The fourth-order valence-corrected chi connectivity index (χ4v) is 1.05. The Morgan fingerprint density at radius 1 is 1.38 bits per heavy atom. The summed E-state index contributed by atoms with van der Waals surface area (Å²) in [5.74, 6) is 0.101. The first-order valence-electron chi connectivity index (χ1n) is 4.31. The third-order valence-corrected chi connectivity index (χ3v) is 1.63. The molecule has 2 aromatic heterocycles. The SMILES string of the molecule is CC.Cc1ccnc2c(O)coc12. The van der Waals surface area contributed by atoms with Crippen molar-refractivity contribution < 1.29 is 9.52 Å². The molecule has 3 nitrogen and oxygen atoms in total. The highest BCUT2D eigenvalue weighted by atomic mass is 16.4. The second kappa shape index (κ2) is 3.94. The van der Waals surface area contributed by atoms with Gasteiger partial charge in [0.1, 0.15) is 6.26 Å². The standard InChI is InChI=1S/C8H7NO2.C2H6/c1-5-2-3-9-7-6(10)4-11-8(5)7;1-2/h2-4,10H,1H3;1-2H3. The van der Waals surface area contributed by atoms with Gasteiger partial charge in [-0.2, -0.15) is 0 Å². The van der Waals surface area contributed by atoms with Gasteiger partial charge in [-0.05, 0) is 18.6 Å². The Bertz CT molecular complexity index is 393. The lowest BCUT2D eigenvalue weighted by Gasteiger charge is -1.90. The lowest BCUT2D eigenvalue weighted by atomic mass is 10.2. The van der Waals surface area contributed by atoms with E-state index in [1.54, 1.807) is 6.20 Å². The second-order valence-electron chi connectivity index (χ2n) is 2.43.